The average Bonchev–Trinajstić information content (AvgIpc) is 2.96. The molecule has 1 aliphatic heterocycles. The highest BCUT2D eigenvalue weighted by Crippen LogP contribution is 2.31. The van der Waals surface area contributed by atoms with Crippen LogP contribution in [0.15, 0.2) is 24.4 Å². The summed E-state index contributed by atoms with van der Waals surface area (Å²) in [7, 11) is 0. The molecule has 134 valence electrons. The predicted molar refractivity (Wildman–Crippen MR) is 92.1 cm³/mol. The SMILES string of the molecule is CC(=O)SC(CC(=O)[N+]1(C(=O)O)CCC[C@H]1C)C(=O)c1ccccn1. The molecule has 3 atom stereocenters. The zero-order valence-corrected chi connectivity index (χ0v) is 15.0. The highest BCUT2D eigenvalue weighted by atomic mass is 32.2. The summed E-state index contributed by atoms with van der Waals surface area (Å²) in [5, 5.41) is 8.36. The molecule has 7 nitrogen and oxygen atoms in total. The van der Waals surface area contributed by atoms with Crippen molar-refractivity contribution >= 4 is 34.7 Å². The maximum Gasteiger partial charge on any atom is 0.521 e. The van der Waals surface area contributed by atoms with Crippen molar-refractivity contribution in [2.45, 2.75) is 44.4 Å². The molecule has 1 fully saturated rings. The van der Waals surface area contributed by atoms with E-state index in [-0.39, 0.29) is 29.8 Å². The van der Waals surface area contributed by atoms with E-state index in [1.807, 2.05) is 0 Å². The molecule has 0 aliphatic carbocycles. The molecule has 1 N–H and O–H groups in total. The summed E-state index contributed by atoms with van der Waals surface area (Å²) < 4.78 is -0.676. The first-order valence-corrected chi connectivity index (χ1v) is 8.94. The largest absolute Gasteiger partial charge is 0.521 e. The normalized spacial score (nSPS) is 23.8. The first-order valence-electron chi connectivity index (χ1n) is 8.06. The maximum absolute atomic E-state index is 12.8. The van der Waals surface area contributed by atoms with E-state index in [1.165, 1.54) is 19.2 Å². The number of aromatic nitrogens is 1. The molecule has 2 rings (SSSR count). The molecule has 1 aliphatic rings. The molecular weight excluding hydrogens is 344 g/mol. The van der Waals surface area contributed by atoms with E-state index in [0.717, 1.165) is 11.8 Å². The van der Waals surface area contributed by atoms with Crippen molar-refractivity contribution in [3.63, 3.8) is 0 Å². The Morgan fingerprint density at radius 1 is 1.36 bits per heavy atom. The Hall–Kier alpha value is -2.06. The number of pyridine rings is 1. The molecular formula is C17H21N2O5S+. The number of hydrogen-bond acceptors (Lipinski definition) is 6. The molecule has 0 saturated carbocycles. The highest BCUT2D eigenvalue weighted by Gasteiger charge is 2.53. The number of likely N-dealkylation sites (tertiary alicyclic amines) is 1. The number of rotatable bonds is 5. The summed E-state index contributed by atoms with van der Waals surface area (Å²) in [6.45, 7) is 3.26. The molecule has 8 heteroatoms. The predicted octanol–water partition coefficient (Wildman–Crippen LogP) is 2.51. The number of Topliss-reactive ketones (excluding diaryl/α,β-unsaturated/α-hetero) is 1. The molecule has 0 bridgehead atoms. The summed E-state index contributed by atoms with van der Waals surface area (Å²) in [6.07, 6.45) is 1.22. The molecule has 2 unspecified atom stereocenters. The minimum absolute atomic E-state index is 0.158. The van der Waals surface area contributed by atoms with Gasteiger partial charge in [-0.3, -0.25) is 14.6 Å². The van der Waals surface area contributed by atoms with Crippen LogP contribution < -0.4 is 0 Å². The van der Waals surface area contributed by atoms with E-state index in [2.05, 4.69) is 4.98 Å². The van der Waals surface area contributed by atoms with E-state index in [4.69, 9.17) is 0 Å². The summed E-state index contributed by atoms with van der Waals surface area (Å²) in [4.78, 5) is 52.8. The monoisotopic (exact) mass is 365 g/mol. The van der Waals surface area contributed by atoms with Gasteiger partial charge in [-0.05, 0) is 19.1 Å². The van der Waals surface area contributed by atoms with Crippen LogP contribution in [0, 0.1) is 0 Å². The lowest BCUT2D eigenvalue weighted by atomic mass is 10.1. The van der Waals surface area contributed by atoms with Gasteiger partial charge in [0, 0.05) is 26.0 Å². The third kappa shape index (κ3) is 3.96. The van der Waals surface area contributed by atoms with Crippen LogP contribution in [0.25, 0.3) is 0 Å². The minimum Gasteiger partial charge on any atom is -0.435 e. The molecule has 1 aromatic heterocycles. The van der Waals surface area contributed by atoms with Gasteiger partial charge >= 0.3 is 12.0 Å². The quantitative estimate of drug-likeness (QED) is 0.632. The third-order valence-electron chi connectivity index (χ3n) is 4.55. The number of nitrogens with zero attached hydrogens (tertiary/aromatic N) is 2. The summed E-state index contributed by atoms with van der Waals surface area (Å²) in [6, 6.07) is 4.47. The molecule has 25 heavy (non-hydrogen) atoms. The molecule has 1 aromatic rings. The van der Waals surface area contributed by atoms with Crippen molar-refractivity contribution in [3.05, 3.63) is 30.1 Å². The number of quaternary nitrogens is 1. The Kier molecular flexibility index (Phi) is 6.07. The van der Waals surface area contributed by atoms with Crippen molar-refractivity contribution < 1.29 is 28.8 Å². The molecule has 1 saturated heterocycles. The lowest BCUT2D eigenvalue weighted by Gasteiger charge is -2.30. The lowest BCUT2D eigenvalue weighted by molar-refractivity contribution is -0.792. The number of ketones is 1. The topological polar surface area (TPSA) is 101 Å². The molecule has 2 amide bonds. The van der Waals surface area contributed by atoms with Gasteiger partial charge in [0.25, 0.3) is 0 Å². The maximum atomic E-state index is 12.8. The first kappa shape index (κ1) is 19.3. The number of imide groups is 1. The van der Waals surface area contributed by atoms with Gasteiger partial charge in [0.15, 0.2) is 10.9 Å². The number of carboxylic acid groups (broad SMARTS) is 1. The second kappa shape index (κ2) is 7.88. The second-order valence-corrected chi connectivity index (χ2v) is 7.52. The molecule has 0 radical (unpaired) electrons. The first-order chi connectivity index (χ1) is 11.8. The zero-order valence-electron chi connectivity index (χ0n) is 14.2. The molecule has 0 spiro atoms. The van der Waals surface area contributed by atoms with Gasteiger partial charge in [-0.2, -0.15) is 9.28 Å². The Morgan fingerprint density at radius 3 is 2.56 bits per heavy atom. The van der Waals surface area contributed by atoms with Crippen molar-refractivity contribution in [1.82, 2.24) is 4.98 Å². The van der Waals surface area contributed by atoms with Crippen LogP contribution in [0.3, 0.4) is 0 Å². The van der Waals surface area contributed by atoms with Crippen LogP contribution in [0.1, 0.15) is 43.6 Å². The van der Waals surface area contributed by atoms with Crippen LogP contribution >= 0.6 is 11.8 Å². The lowest BCUT2D eigenvalue weighted by Crippen LogP contribution is -2.59. The molecule has 0 aromatic carbocycles. The number of thioether (sulfide) groups is 1. The van der Waals surface area contributed by atoms with Crippen molar-refractivity contribution in [2.24, 2.45) is 0 Å². The Bertz CT molecular complexity index is 694. The highest BCUT2D eigenvalue weighted by molar-refractivity contribution is 8.14. The van der Waals surface area contributed by atoms with Gasteiger partial charge < -0.3 is 5.11 Å². The Labute approximate surface area is 150 Å². The van der Waals surface area contributed by atoms with Gasteiger partial charge in [0.2, 0.25) is 0 Å². The van der Waals surface area contributed by atoms with Crippen LogP contribution in [-0.2, 0) is 9.59 Å². The van der Waals surface area contributed by atoms with Gasteiger partial charge in [-0.1, -0.05) is 17.8 Å². The Balaban J connectivity index is 2.27. The summed E-state index contributed by atoms with van der Waals surface area (Å²) >= 11 is 0.749. The standard InChI is InChI=1S/C17H20N2O5S/c1-11-6-5-9-19(11,17(23)24)15(21)10-14(25-12(2)20)16(22)13-7-3-4-8-18-13/h3-4,7-8,11,14H,5-6,9-10H2,1-2H3/p+1/t11-,14?,19?/m1/s1. The fourth-order valence-electron chi connectivity index (χ4n) is 3.22. The minimum atomic E-state index is -1.20. The van der Waals surface area contributed by atoms with E-state index >= 15 is 0 Å². The van der Waals surface area contributed by atoms with Crippen molar-refractivity contribution in [2.75, 3.05) is 6.54 Å². The number of carbonyl (C=O) groups is 4. The molecule has 2 heterocycles. The van der Waals surface area contributed by atoms with E-state index < -0.39 is 27.5 Å². The fourth-order valence-corrected chi connectivity index (χ4v) is 4.08. The average molecular weight is 365 g/mol. The third-order valence-corrected chi connectivity index (χ3v) is 5.55. The van der Waals surface area contributed by atoms with Crippen LogP contribution in [-0.4, -0.2) is 55.3 Å². The zero-order chi connectivity index (χ0) is 18.6. The van der Waals surface area contributed by atoms with Crippen LogP contribution in [0.5, 0.6) is 0 Å². The van der Waals surface area contributed by atoms with E-state index in [0.29, 0.717) is 12.8 Å². The number of hydrogen-bond donors (Lipinski definition) is 1. The van der Waals surface area contributed by atoms with Crippen molar-refractivity contribution in [1.29, 1.82) is 0 Å². The van der Waals surface area contributed by atoms with Crippen molar-refractivity contribution in [3.8, 4) is 0 Å². The van der Waals surface area contributed by atoms with Crippen LogP contribution in [0.4, 0.5) is 4.79 Å². The second-order valence-electron chi connectivity index (χ2n) is 6.14. The van der Waals surface area contributed by atoms with Gasteiger partial charge in [0.05, 0.1) is 18.2 Å². The van der Waals surface area contributed by atoms with Crippen LogP contribution in [0.2, 0.25) is 0 Å². The van der Waals surface area contributed by atoms with E-state index in [9.17, 15) is 24.3 Å². The van der Waals surface area contributed by atoms with Gasteiger partial charge in [0.1, 0.15) is 11.7 Å². The van der Waals surface area contributed by atoms with E-state index in [1.54, 1.807) is 19.1 Å². The van der Waals surface area contributed by atoms with Gasteiger partial charge in [-0.25, -0.2) is 4.79 Å². The van der Waals surface area contributed by atoms with Gasteiger partial charge in [-0.15, -0.1) is 0 Å². The fraction of sp³-hybridized carbons (Fsp3) is 0.471. The summed E-state index contributed by atoms with van der Waals surface area (Å²) in [5.74, 6) is -0.981. The number of amides is 2. The Morgan fingerprint density at radius 2 is 2.08 bits per heavy atom. The summed E-state index contributed by atoms with van der Waals surface area (Å²) in [5.41, 5.74) is 0.158. The number of carbonyl (C=O) groups excluding carboxylic acids is 3. The smallest absolute Gasteiger partial charge is 0.435 e.